The lowest BCUT2D eigenvalue weighted by Crippen LogP contribution is -2.52. The van der Waals surface area contributed by atoms with Crippen molar-refractivity contribution in [2.24, 2.45) is 0 Å². The summed E-state index contributed by atoms with van der Waals surface area (Å²) < 4.78 is 12.0. The molecule has 2 rings (SSSR count). The third-order valence-corrected chi connectivity index (χ3v) is 7.02. The van der Waals surface area contributed by atoms with Crippen LogP contribution in [0.1, 0.15) is 89.2 Å². The highest BCUT2D eigenvalue weighted by Gasteiger charge is 2.34. The lowest BCUT2D eigenvalue weighted by Gasteiger charge is -2.36. The Bertz CT molecular complexity index is 832. The fourth-order valence-corrected chi connectivity index (χ4v) is 4.90. The minimum atomic E-state index is -0.203. The number of ether oxygens (including phenoxy) is 2. The number of likely N-dealkylation sites (N-methyl/N-ethyl adjacent to an activating group) is 1. The average molecular weight is 497 g/mol. The Morgan fingerprint density at radius 2 is 1.36 bits per heavy atom. The lowest BCUT2D eigenvalue weighted by atomic mass is 10.0. The number of hydrogen-bond donors (Lipinski definition) is 0. The van der Waals surface area contributed by atoms with Gasteiger partial charge in [-0.1, -0.05) is 108 Å². The van der Waals surface area contributed by atoms with Gasteiger partial charge in [0.25, 0.3) is 0 Å². The lowest BCUT2D eigenvalue weighted by molar-refractivity contribution is -0.919. The Hall–Kier alpha value is -2.33. The van der Waals surface area contributed by atoms with E-state index < -0.39 is 0 Å². The Kier molecular flexibility index (Phi) is 14.3. The van der Waals surface area contributed by atoms with Gasteiger partial charge in [-0.25, -0.2) is 4.79 Å². The molecule has 2 aromatic carbocycles. The van der Waals surface area contributed by atoms with Crippen LogP contribution in [-0.4, -0.2) is 43.8 Å². The summed E-state index contributed by atoms with van der Waals surface area (Å²) >= 11 is 0. The van der Waals surface area contributed by atoms with Gasteiger partial charge in [0.1, 0.15) is 25.5 Å². The molecule has 4 heteroatoms. The van der Waals surface area contributed by atoms with Crippen LogP contribution in [0.2, 0.25) is 0 Å². The minimum absolute atomic E-state index is 0.154. The third-order valence-electron chi connectivity index (χ3n) is 7.02. The molecule has 0 heterocycles. The van der Waals surface area contributed by atoms with Gasteiger partial charge in [-0.05, 0) is 30.5 Å². The highest BCUT2D eigenvalue weighted by atomic mass is 16.6. The second-order valence-corrected chi connectivity index (χ2v) is 10.6. The van der Waals surface area contributed by atoms with Crippen LogP contribution in [0.5, 0.6) is 5.75 Å². The number of hydrogen-bond acceptors (Lipinski definition) is 3. The molecule has 200 valence electrons. The second kappa shape index (κ2) is 17.2. The van der Waals surface area contributed by atoms with Crippen LogP contribution in [0.25, 0.3) is 0 Å². The van der Waals surface area contributed by atoms with E-state index in [-0.39, 0.29) is 18.6 Å². The Labute approximate surface area is 220 Å². The van der Waals surface area contributed by atoms with Crippen LogP contribution < -0.4 is 4.74 Å². The summed E-state index contributed by atoms with van der Waals surface area (Å²) in [4.78, 5) is 12.8. The van der Waals surface area contributed by atoms with Crippen molar-refractivity contribution in [3.8, 4) is 5.75 Å². The first-order valence-corrected chi connectivity index (χ1v) is 14.2. The van der Waals surface area contributed by atoms with Crippen LogP contribution >= 0.6 is 0 Å². The Morgan fingerprint density at radius 3 is 1.97 bits per heavy atom. The van der Waals surface area contributed by atoms with Crippen molar-refractivity contribution in [1.29, 1.82) is 0 Å². The molecule has 0 aliphatic carbocycles. The van der Waals surface area contributed by atoms with Crippen LogP contribution in [0.4, 0.5) is 0 Å². The number of nitrogens with zero attached hydrogens (tertiary/aromatic N) is 1. The maximum atomic E-state index is 12.8. The van der Waals surface area contributed by atoms with E-state index in [1.807, 2.05) is 37.3 Å². The van der Waals surface area contributed by atoms with E-state index in [9.17, 15) is 4.79 Å². The van der Waals surface area contributed by atoms with E-state index >= 15 is 0 Å². The molecule has 0 amide bonds. The smallest absolute Gasteiger partial charge is 0.365 e. The molecule has 0 spiro atoms. The maximum absolute atomic E-state index is 12.8. The van der Waals surface area contributed by atoms with Crippen LogP contribution in [-0.2, 0) is 22.5 Å². The van der Waals surface area contributed by atoms with Crippen molar-refractivity contribution in [3.63, 3.8) is 0 Å². The predicted molar refractivity (Wildman–Crippen MR) is 150 cm³/mol. The van der Waals surface area contributed by atoms with Crippen LogP contribution in [0, 0.1) is 0 Å². The third kappa shape index (κ3) is 11.6. The first-order chi connectivity index (χ1) is 17.5. The van der Waals surface area contributed by atoms with Crippen LogP contribution in [0.3, 0.4) is 0 Å². The standard InChI is InChI=1S/C32H50NO3/c1-5-7-8-9-10-11-12-13-15-18-28-21-23-30(24-22-28)35-25-26-36-32(34)31(6-2)33(3,4)27-29-19-16-14-17-20-29/h14,16-17,19-24,31H,5-13,15,18,25-27H2,1-4H3/q+1. The number of aryl methyl sites for hydroxylation is 1. The van der Waals surface area contributed by atoms with Gasteiger partial charge in [-0.3, -0.25) is 0 Å². The van der Waals surface area contributed by atoms with E-state index in [0.717, 1.165) is 25.1 Å². The number of benzene rings is 2. The normalized spacial score (nSPS) is 12.3. The van der Waals surface area contributed by atoms with Gasteiger partial charge in [-0.2, -0.15) is 0 Å². The number of rotatable bonds is 19. The van der Waals surface area contributed by atoms with E-state index in [4.69, 9.17) is 9.47 Å². The first kappa shape index (κ1) is 29.9. The predicted octanol–water partition coefficient (Wildman–Crippen LogP) is 7.74. The molecule has 2 aromatic rings. The molecular weight excluding hydrogens is 446 g/mol. The topological polar surface area (TPSA) is 35.5 Å². The summed E-state index contributed by atoms with van der Waals surface area (Å²) in [5, 5.41) is 0. The summed E-state index contributed by atoms with van der Waals surface area (Å²) in [6.07, 6.45) is 14.1. The van der Waals surface area contributed by atoms with E-state index in [2.05, 4.69) is 45.3 Å². The van der Waals surface area contributed by atoms with E-state index in [0.29, 0.717) is 11.1 Å². The van der Waals surface area contributed by atoms with Gasteiger partial charge in [0.05, 0.1) is 14.1 Å². The van der Waals surface area contributed by atoms with E-state index in [1.54, 1.807) is 0 Å². The fourth-order valence-electron chi connectivity index (χ4n) is 4.90. The summed E-state index contributed by atoms with van der Waals surface area (Å²) in [7, 11) is 4.18. The zero-order valence-corrected chi connectivity index (χ0v) is 23.3. The molecule has 0 aromatic heterocycles. The van der Waals surface area contributed by atoms with Gasteiger partial charge in [0.2, 0.25) is 0 Å². The zero-order valence-electron chi connectivity index (χ0n) is 23.3. The number of unbranched alkanes of at least 4 members (excludes halogenated alkanes) is 8. The molecule has 0 radical (unpaired) electrons. The molecule has 0 bridgehead atoms. The molecule has 4 nitrogen and oxygen atoms in total. The van der Waals surface area contributed by atoms with Crippen molar-refractivity contribution < 1.29 is 18.8 Å². The molecule has 0 fully saturated rings. The van der Waals surface area contributed by atoms with Gasteiger partial charge in [0.15, 0.2) is 6.04 Å². The number of esters is 1. The number of quaternary nitrogens is 1. The molecule has 1 unspecified atom stereocenters. The van der Waals surface area contributed by atoms with Crippen molar-refractivity contribution in [3.05, 3.63) is 65.7 Å². The molecule has 36 heavy (non-hydrogen) atoms. The van der Waals surface area contributed by atoms with Gasteiger partial charge in [0, 0.05) is 12.0 Å². The summed E-state index contributed by atoms with van der Waals surface area (Å²) in [5.74, 6) is 0.674. The monoisotopic (exact) mass is 496 g/mol. The Balaban J connectivity index is 1.62. The molecule has 0 aliphatic rings. The van der Waals surface area contributed by atoms with Crippen molar-refractivity contribution in [2.45, 2.75) is 97.1 Å². The summed E-state index contributed by atoms with van der Waals surface area (Å²) in [6.45, 7) is 5.74. The fraction of sp³-hybridized carbons (Fsp3) is 0.594. The van der Waals surface area contributed by atoms with Crippen molar-refractivity contribution in [2.75, 3.05) is 27.3 Å². The second-order valence-electron chi connectivity index (χ2n) is 10.6. The van der Waals surface area contributed by atoms with Crippen LogP contribution in [0.15, 0.2) is 54.6 Å². The minimum Gasteiger partial charge on any atom is -0.490 e. The summed E-state index contributed by atoms with van der Waals surface area (Å²) in [6, 6.07) is 18.5. The van der Waals surface area contributed by atoms with Crippen molar-refractivity contribution >= 4 is 5.97 Å². The van der Waals surface area contributed by atoms with Crippen molar-refractivity contribution in [1.82, 2.24) is 0 Å². The van der Waals surface area contributed by atoms with Gasteiger partial charge < -0.3 is 14.0 Å². The number of carbonyl (C=O) groups is 1. The van der Waals surface area contributed by atoms with E-state index in [1.165, 1.54) is 68.9 Å². The maximum Gasteiger partial charge on any atom is 0.365 e. The molecule has 0 N–H and O–H groups in total. The summed E-state index contributed by atoms with van der Waals surface area (Å²) in [5.41, 5.74) is 2.58. The average Bonchev–Trinajstić information content (AvgIpc) is 2.87. The molecular formula is C32H50NO3+. The Morgan fingerprint density at radius 1 is 0.750 bits per heavy atom. The quantitative estimate of drug-likeness (QED) is 0.113. The largest absolute Gasteiger partial charge is 0.490 e. The van der Waals surface area contributed by atoms with Gasteiger partial charge >= 0.3 is 5.97 Å². The highest BCUT2D eigenvalue weighted by Crippen LogP contribution is 2.19. The zero-order chi connectivity index (χ0) is 26.1. The first-order valence-electron chi connectivity index (χ1n) is 14.2. The molecule has 0 saturated heterocycles. The highest BCUT2D eigenvalue weighted by molar-refractivity contribution is 5.74. The SMILES string of the molecule is CCCCCCCCCCCc1ccc(OCCOC(=O)C(CC)[N+](C)(C)Cc2ccccc2)cc1. The number of carbonyl (C=O) groups excluding carboxylic acids is 1. The van der Waals surface area contributed by atoms with Gasteiger partial charge in [-0.15, -0.1) is 0 Å². The molecule has 0 saturated carbocycles. The molecule has 0 aliphatic heterocycles. The molecule has 1 atom stereocenters.